The Hall–Kier alpha value is -1.08. The monoisotopic (exact) mass is 382 g/mol. The quantitative estimate of drug-likeness (QED) is 0.443. The van der Waals surface area contributed by atoms with Crippen molar-refractivity contribution in [2.75, 3.05) is 50.8 Å². The predicted molar refractivity (Wildman–Crippen MR) is 107 cm³/mol. The van der Waals surface area contributed by atoms with Crippen molar-refractivity contribution in [3.63, 3.8) is 0 Å². The van der Waals surface area contributed by atoms with Crippen LogP contribution in [0.5, 0.6) is 0 Å². The molecule has 7 heteroatoms. The molecule has 0 bridgehead atoms. The Labute approximate surface area is 158 Å². The van der Waals surface area contributed by atoms with E-state index in [4.69, 9.17) is 4.99 Å². The van der Waals surface area contributed by atoms with E-state index in [1.165, 1.54) is 32.1 Å². The number of guanidine groups is 1. The third-order valence-electron chi connectivity index (χ3n) is 5.94. The van der Waals surface area contributed by atoms with Gasteiger partial charge in [0, 0.05) is 45.3 Å². The van der Waals surface area contributed by atoms with Crippen LogP contribution in [0.2, 0.25) is 0 Å². The first-order valence-electron chi connectivity index (χ1n) is 10.2. The van der Waals surface area contributed by atoms with E-state index in [0.717, 1.165) is 44.6 Å². The van der Waals surface area contributed by atoms with Gasteiger partial charge in [0.15, 0.2) is 15.8 Å². The number of piperazine rings is 1. The van der Waals surface area contributed by atoms with Crippen molar-refractivity contribution < 1.29 is 8.42 Å². The molecular formula is C19H34N4O2S. The molecule has 6 nitrogen and oxygen atoms in total. The Bertz CT molecular complexity index is 591. The van der Waals surface area contributed by atoms with Gasteiger partial charge in [-0.2, -0.15) is 0 Å². The summed E-state index contributed by atoms with van der Waals surface area (Å²) in [6.07, 6.45) is 9.45. The Morgan fingerprint density at radius 1 is 1.12 bits per heavy atom. The largest absolute Gasteiger partial charge is 0.353 e. The summed E-state index contributed by atoms with van der Waals surface area (Å²) in [6, 6.07) is 0.774. The summed E-state index contributed by atoms with van der Waals surface area (Å²) in [6.45, 7) is 9.23. The Balaban J connectivity index is 1.54. The number of hydrogen-bond donors (Lipinski definition) is 1. The van der Waals surface area contributed by atoms with Crippen molar-refractivity contribution in [1.29, 1.82) is 0 Å². The summed E-state index contributed by atoms with van der Waals surface area (Å²) in [5, 5.41) is 3.37. The number of nitrogens with zero attached hydrogens (tertiary/aromatic N) is 3. The number of nitrogens with one attached hydrogen (secondary N) is 1. The minimum absolute atomic E-state index is 0.170. The molecule has 26 heavy (non-hydrogen) atoms. The lowest BCUT2D eigenvalue weighted by atomic mass is 9.94. The molecule has 1 aliphatic carbocycles. The molecule has 1 atom stereocenters. The van der Waals surface area contributed by atoms with Crippen LogP contribution in [-0.4, -0.2) is 81.0 Å². The maximum Gasteiger partial charge on any atom is 0.194 e. The van der Waals surface area contributed by atoms with Gasteiger partial charge in [0.2, 0.25) is 0 Å². The van der Waals surface area contributed by atoms with Gasteiger partial charge in [-0.25, -0.2) is 8.42 Å². The zero-order chi connectivity index (χ0) is 18.4. The third-order valence-corrected chi connectivity index (χ3v) is 7.77. The highest BCUT2D eigenvalue weighted by Gasteiger charge is 2.29. The molecule has 1 saturated carbocycles. The zero-order valence-electron chi connectivity index (χ0n) is 15.9. The topological polar surface area (TPSA) is 65.0 Å². The molecule has 0 aromatic carbocycles. The van der Waals surface area contributed by atoms with Gasteiger partial charge in [0.1, 0.15) is 0 Å². The van der Waals surface area contributed by atoms with Gasteiger partial charge in [-0.05, 0) is 25.2 Å². The molecule has 0 aromatic rings. The molecule has 0 spiro atoms. The first-order chi connectivity index (χ1) is 12.6. The van der Waals surface area contributed by atoms with Gasteiger partial charge >= 0.3 is 0 Å². The maximum absolute atomic E-state index is 11.7. The van der Waals surface area contributed by atoms with E-state index in [0.29, 0.717) is 24.6 Å². The summed E-state index contributed by atoms with van der Waals surface area (Å²) in [7, 11) is -2.83. The molecule has 0 radical (unpaired) electrons. The fourth-order valence-electron chi connectivity index (χ4n) is 4.41. The molecule has 2 heterocycles. The molecule has 3 aliphatic rings. The first kappa shape index (κ1) is 19.7. The standard InChI is InChI=1S/C19H34N4O2S/c1-2-9-20-19(21-15-17-8-14-26(24,25)16-17)23-12-10-22(11-13-23)18-6-4-3-5-7-18/h2,17-18H,1,3-16H2,(H,20,21). The van der Waals surface area contributed by atoms with E-state index in [1.807, 2.05) is 6.08 Å². The van der Waals surface area contributed by atoms with E-state index in [1.54, 1.807) is 0 Å². The molecular weight excluding hydrogens is 348 g/mol. The van der Waals surface area contributed by atoms with Gasteiger partial charge in [0.05, 0.1) is 11.5 Å². The normalized spacial score (nSPS) is 28.2. The highest BCUT2D eigenvalue weighted by atomic mass is 32.2. The minimum Gasteiger partial charge on any atom is -0.353 e. The fraction of sp³-hybridized carbons (Fsp3) is 0.842. The lowest BCUT2D eigenvalue weighted by Crippen LogP contribution is -2.55. The van der Waals surface area contributed by atoms with Crippen LogP contribution < -0.4 is 5.32 Å². The molecule has 3 fully saturated rings. The molecule has 3 rings (SSSR count). The minimum atomic E-state index is -2.83. The highest BCUT2D eigenvalue weighted by molar-refractivity contribution is 7.91. The summed E-state index contributed by atoms with van der Waals surface area (Å²) < 4.78 is 23.3. The van der Waals surface area contributed by atoms with Crippen molar-refractivity contribution in [2.24, 2.45) is 10.9 Å². The van der Waals surface area contributed by atoms with Crippen molar-refractivity contribution in [1.82, 2.24) is 15.1 Å². The van der Waals surface area contributed by atoms with Crippen molar-refractivity contribution in [2.45, 2.75) is 44.6 Å². The van der Waals surface area contributed by atoms with Gasteiger partial charge in [-0.3, -0.25) is 9.89 Å². The van der Waals surface area contributed by atoms with Crippen molar-refractivity contribution in [3.8, 4) is 0 Å². The number of aliphatic imine (C=N–C) groups is 1. The zero-order valence-corrected chi connectivity index (χ0v) is 16.7. The van der Waals surface area contributed by atoms with E-state index < -0.39 is 9.84 Å². The smallest absolute Gasteiger partial charge is 0.194 e. The van der Waals surface area contributed by atoms with Crippen LogP contribution in [0.15, 0.2) is 17.6 Å². The average Bonchev–Trinajstić information content (AvgIpc) is 3.02. The lowest BCUT2D eigenvalue weighted by Gasteiger charge is -2.41. The number of rotatable bonds is 5. The lowest BCUT2D eigenvalue weighted by molar-refractivity contribution is 0.106. The second-order valence-corrected chi connectivity index (χ2v) is 10.1. The fourth-order valence-corrected chi connectivity index (χ4v) is 6.26. The van der Waals surface area contributed by atoms with Crippen LogP contribution in [0.1, 0.15) is 38.5 Å². The SMILES string of the molecule is C=CCNC(=NCC1CCS(=O)(=O)C1)N1CCN(C2CCCCC2)CC1. The van der Waals surface area contributed by atoms with Crippen LogP contribution in [0.4, 0.5) is 0 Å². The molecule has 0 amide bonds. The molecule has 148 valence electrons. The van der Waals surface area contributed by atoms with E-state index in [9.17, 15) is 8.42 Å². The maximum atomic E-state index is 11.7. The highest BCUT2D eigenvalue weighted by Crippen LogP contribution is 2.23. The van der Waals surface area contributed by atoms with Gasteiger partial charge in [-0.15, -0.1) is 6.58 Å². The van der Waals surface area contributed by atoms with Crippen LogP contribution >= 0.6 is 0 Å². The molecule has 0 aromatic heterocycles. The Kier molecular flexibility index (Phi) is 6.98. The summed E-state index contributed by atoms with van der Waals surface area (Å²) in [4.78, 5) is 9.75. The van der Waals surface area contributed by atoms with E-state index in [-0.39, 0.29) is 5.92 Å². The van der Waals surface area contributed by atoms with Crippen molar-refractivity contribution >= 4 is 15.8 Å². The predicted octanol–water partition coefficient (Wildman–Crippen LogP) is 1.50. The summed E-state index contributed by atoms with van der Waals surface area (Å²) in [5.41, 5.74) is 0. The summed E-state index contributed by atoms with van der Waals surface area (Å²) >= 11 is 0. The molecule has 1 unspecified atom stereocenters. The first-order valence-corrected chi connectivity index (χ1v) is 12.0. The van der Waals surface area contributed by atoms with Gasteiger partial charge in [0.25, 0.3) is 0 Å². The molecule has 2 saturated heterocycles. The van der Waals surface area contributed by atoms with Crippen LogP contribution in [0.25, 0.3) is 0 Å². The van der Waals surface area contributed by atoms with Crippen LogP contribution in [0.3, 0.4) is 0 Å². The Morgan fingerprint density at radius 3 is 2.46 bits per heavy atom. The van der Waals surface area contributed by atoms with E-state index in [2.05, 4.69) is 21.7 Å². The van der Waals surface area contributed by atoms with Crippen molar-refractivity contribution in [3.05, 3.63) is 12.7 Å². The second kappa shape index (κ2) is 9.22. The second-order valence-electron chi connectivity index (χ2n) is 7.92. The summed E-state index contributed by atoms with van der Waals surface area (Å²) in [5.74, 6) is 1.70. The molecule has 1 N–H and O–H groups in total. The number of sulfone groups is 1. The van der Waals surface area contributed by atoms with Gasteiger partial charge in [-0.1, -0.05) is 25.3 Å². The Morgan fingerprint density at radius 2 is 1.85 bits per heavy atom. The van der Waals surface area contributed by atoms with E-state index >= 15 is 0 Å². The van der Waals surface area contributed by atoms with Crippen LogP contribution in [0, 0.1) is 5.92 Å². The molecule has 2 aliphatic heterocycles. The average molecular weight is 383 g/mol. The number of hydrogen-bond acceptors (Lipinski definition) is 4. The van der Waals surface area contributed by atoms with Gasteiger partial charge < -0.3 is 10.2 Å². The van der Waals surface area contributed by atoms with Crippen LogP contribution in [-0.2, 0) is 9.84 Å². The third kappa shape index (κ3) is 5.46.